The SMILES string of the molecule is CCCOC(=O)C(C=Nc1cc(Cl)c(Cl)c(C(=O)OC(C)C)c1Cl)=C(C)O. The maximum absolute atomic E-state index is 12.2. The highest BCUT2D eigenvalue weighted by Gasteiger charge is 2.23. The van der Waals surface area contributed by atoms with Crippen molar-refractivity contribution in [1.82, 2.24) is 0 Å². The molecule has 0 spiro atoms. The fourth-order valence-corrected chi connectivity index (χ4v) is 2.58. The molecule has 0 saturated carbocycles. The van der Waals surface area contributed by atoms with Crippen molar-refractivity contribution < 1.29 is 24.2 Å². The van der Waals surface area contributed by atoms with Crippen molar-refractivity contribution in [3.05, 3.63) is 38.0 Å². The van der Waals surface area contributed by atoms with Gasteiger partial charge in [-0.2, -0.15) is 0 Å². The molecule has 6 nitrogen and oxygen atoms in total. The summed E-state index contributed by atoms with van der Waals surface area (Å²) in [6, 6.07) is 1.33. The van der Waals surface area contributed by atoms with Gasteiger partial charge >= 0.3 is 11.9 Å². The summed E-state index contributed by atoms with van der Waals surface area (Å²) in [5.74, 6) is -1.78. The summed E-state index contributed by atoms with van der Waals surface area (Å²) in [7, 11) is 0. The second-order valence-corrected chi connectivity index (χ2v) is 6.89. The van der Waals surface area contributed by atoms with Crippen molar-refractivity contribution in [3.63, 3.8) is 0 Å². The third-order valence-corrected chi connectivity index (χ3v) is 4.23. The van der Waals surface area contributed by atoms with Crippen LogP contribution >= 0.6 is 34.8 Å². The number of aliphatic imine (C=N–C) groups is 1. The first-order chi connectivity index (χ1) is 12.6. The van der Waals surface area contributed by atoms with Crippen LogP contribution in [0.2, 0.25) is 15.1 Å². The molecule has 0 atom stereocenters. The average molecular weight is 437 g/mol. The Kier molecular flexibility index (Phi) is 9.09. The summed E-state index contributed by atoms with van der Waals surface area (Å²) in [4.78, 5) is 28.3. The van der Waals surface area contributed by atoms with Crippen molar-refractivity contribution in [2.75, 3.05) is 6.61 Å². The Hall–Kier alpha value is -1.76. The van der Waals surface area contributed by atoms with E-state index in [1.54, 1.807) is 13.8 Å². The van der Waals surface area contributed by atoms with Gasteiger partial charge in [0.2, 0.25) is 0 Å². The maximum atomic E-state index is 12.2. The normalized spacial score (nSPS) is 12.3. The van der Waals surface area contributed by atoms with E-state index in [-0.39, 0.29) is 44.3 Å². The van der Waals surface area contributed by atoms with Crippen LogP contribution in [0.4, 0.5) is 5.69 Å². The number of carbonyl (C=O) groups excluding carboxylic acids is 2. The van der Waals surface area contributed by atoms with Crippen LogP contribution in [-0.4, -0.2) is 36.0 Å². The van der Waals surface area contributed by atoms with Crippen molar-refractivity contribution in [3.8, 4) is 0 Å². The molecule has 148 valence electrons. The van der Waals surface area contributed by atoms with E-state index in [4.69, 9.17) is 44.3 Å². The molecule has 0 unspecified atom stereocenters. The minimum Gasteiger partial charge on any atom is -0.512 e. The maximum Gasteiger partial charge on any atom is 0.343 e. The van der Waals surface area contributed by atoms with Crippen LogP contribution in [0.1, 0.15) is 44.5 Å². The molecule has 0 amide bonds. The highest BCUT2D eigenvalue weighted by molar-refractivity contribution is 6.47. The molecular formula is C18H20Cl3NO5. The molecule has 0 aliphatic rings. The van der Waals surface area contributed by atoms with Crippen LogP contribution < -0.4 is 0 Å². The number of ether oxygens (including phenoxy) is 2. The van der Waals surface area contributed by atoms with Gasteiger partial charge in [0.25, 0.3) is 0 Å². The largest absolute Gasteiger partial charge is 0.512 e. The smallest absolute Gasteiger partial charge is 0.343 e. The molecule has 0 saturated heterocycles. The average Bonchev–Trinajstić information content (AvgIpc) is 2.56. The summed E-state index contributed by atoms with van der Waals surface area (Å²) in [6.07, 6.45) is 1.31. The van der Waals surface area contributed by atoms with E-state index in [9.17, 15) is 14.7 Å². The van der Waals surface area contributed by atoms with Gasteiger partial charge in [-0.15, -0.1) is 0 Å². The Labute approximate surface area is 172 Å². The van der Waals surface area contributed by atoms with Gasteiger partial charge in [-0.25, -0.2) is 9.59 Å². The second kappa shape index (κ2) is 10.5. The zero-order valence-electron chi connectivity index (χ0n) is 15.3. The Balaban J connectivity index is 3.32. The predicted molar refractivity (Wildman–Crippen MR) is 107 cm³/mol. The number of esters is 2. The van der Waals surface area contributed by atoms with Crippen LogP contribution in [0, 0.1) is 0 Å². The van der Waals surface area contributed by atoms with Gasteiger partial charge < -0.3 is 14.6 Å². The van der Waals surface area contributed by atoms with Crippen LogP contribution in [0.5, 0.6) is 0 Å². The molecular weight excluding hydrogens is 417 g/mol. The second-order valence-electron chi connectivity index (χ2n) is 5.73. The summed E-state index contributed by atoms with van der Waals surface area (Å²) < 4.78 is 10.1. The minimum absolute atomic E-state index is 0.0312. The van der Waals surface area contributed by atoms with E-state index >= 15 is 0 Å². The number of aliphatic hydroxyl groups excluding tert-OH is 1. The molecule has 0 bridgehead atoms. The molecule has 0 fully saturated rings. The van der Waals surface area contributed by atoms with Crippen molar-refractivity contribution >= 4 is 58.6 Å². The van der Waals surface area contributed by atoms with Gasteiger partial charge in [-0.1, -0.05) is 41.7 Å². The summed E-state index contributed by atoms with van der Waals surface area (Å²) in [6.45, 7) is 6.70. The zero-order valence-corrected chi connectivity index (χ0v) is 17.6. The lowest BCUT2D eigenvalue weighted by atomic mass is 10.2. The Morgan fingerprint density at radius 2 is 1.89 bits per heavy atom. The van der Waals surface area contributed by atoms with Gasteiger partial charge in [-0.05, 0) is 33.3 Å². The molecule has 0 aromatic heterocycles. The van der Waals surface area contributed by atoms with Gasteiger partial charge in [0, 0.05) is 6.21 Å². The first-order valence-electron chi connectivity index (χ1n) is 8.09. The van der Waals surface area contributed by atoms with Gasteiger partial charge in [0.15, 0.2) is 0 Å². The van der Waals surface area contributed by atoms with E-state index in [1.807, 2.05) is 6.92 Å². The number of hydrogen-bond donors (Lipinski definition) is 1. The van der Waals surface area contributed by atoms with Crippen molar-refractivity contribution in [2.24, 2.45) is 4.99 Å². The lowest BCUT2D eigenvalue weighted by Gasteiger charge is -2.13. The molecule has 9 heteroatoms. The van der Waals surface area contributed by atoms with E-state index < -0.39 is 18.0 Å². The number of carbonyl (C=O) groups is 2. The first-order valence-corrected chi connectivity index (χ1v) is 9.22. The summed E-state index contributed by atoms with van der Waals surface area (Å²) in [5, 5.41) is 9.57. The van der Waals surface area contributed by atoms with Crippen LogP contribution in [0.3, 0.4) is 0 Å². The van der Waals surface area contributed by atoms with Crippen LogP contribution in [0.15, 0.2) is 22.4 Å². The number of hydrogen-bond acceptors (Lipinski definition) is 6. The number of nitrogens with zero attached hydrogens (tertiary/aromatic N) is 1. The van der Waals surface area contributed by atoms with E-state index in [1.165, 1.54) is 13.0 Å². The van der Waals surface area contributed by atoms with Gasteiger partial charge in [0.05, 0.1) is 33.5 Å². The molecule has 1 aromatic rings. The number of allylic oxidation sites excluding steroid dienone is 1. The van der Waals surface area contributed by atoms with E-state index in [0.717, 1.165) is 6.21 Å². The quantitative estimate of drug-likeness (QED) is 0.195. The number of rotatable bonds is 7. The first kappa shape index (κ1) is 23.3. The van der Waals surface area contributed by atoms with Crippen molar-refractivity contribution in [1.29, 1.82) is 0 Å². The Bertz CT molecular complexity index is 784. The molecule has 0 aliphatic heterocycles. The standard InChI is InChI=1S/C18H20Cl3NO5/c1-5-6-26-17(24)11(10(4)23)8-22-13-7-12(19)15(20)14(16(13)21)18(25)27-9(2)3/h7-9,23H,5-6H2,1-4H3. The third-order valence-electron chi connectivity index (χ3n) is 3.06. The monoisotopic (exact) mass is 435 g/mol. The molecule has 1 rings (SSSR count). The lowest BCUT2D eigenvalue weighted by molar-refractivity contribution is -0.138. The van der Waals surface area contributed by atoms with Gasteiger partial charge in [-0.3, -0.25) is 4.99 Å². The van der Waals surface area contributed by atoms with Crippen LogP contribution in [-0.2, 0) is 14.3 Å². The summed E-state index contributed by atoms with van der Waals surface area (Å²) >= 11 is 18.4. The topological polar surface area (TPSA) is 85.2 Å². The molecule has 27 heavy (non-hydrogen) atoms. The molecule has 0 heterocycles. The summed E-state index contributed by atoms with van der Waals surface area (Å²) in [5.41, 5.74) is -0.216. The van der Waals surface area contributed by atoms with E-state index in [2.05, 4.69) is 4.99 Å². The molecule has 1 N–H and O–H groups in total. The Morgan fingerprint density at radius 3 is 2.41 bits per heavy atom. The van der Waals surface area contributed by atoms with Gasteiger partial charge in [0.1, 0.15) is 16.9 Å². The molecule has 0 aliphatic carbocycles. The number of benzene rings is 1. The number of aliphatic hydroxyl groups is 1. The lowest BCUT2D eigenvalue weighted by Crippen LogP contribution is -2.13. The Morgan fingerprint density at radius 1 is 1.26 bits per heavy atom. The van der Waals surface area contributed by atoms with Crippen LogP contribution in [0.25, 0.3) is 0 Å². The number of halogens is 3. The highest BCUT2D eigenvalue weighted by Crippen LogP contribution is 2.39. The fraction of sp³-hybridized carbons (Fsp3) is 0.389. The molecule has 0 radical (unpaired) electrons. The molecule has 1 aromatic carbocycles. The van der Waals surface area contributed by atoms with Crippen molar-refractivity contribution in [2.45, 2.75) is 40.2 Å². The predicted octanol–water partition coefficient (Wildman–Crippen LogP) is 5.70. The minimum atomic E-state index is -0.754. The van der Waals surface area contributed by atoms with E-state index in [0.29, 0.717) is 6.42 Å². The fourth-order valence-electron chi connectivity index (χ4n) is 1.84. The highest BCUT2D eigenvalue weighted by atomic mass is 35.5. The third kappa shape index (κ3) is 6.41. The zero-order chi connectivity index (χ0) is 20.7.